The largest absolute Gasteiger partial charge is 0.399 e. The van der Waals surface area contributed by atoms with Crippen LogP contribution in [0.15, 0.2) is 48.7 Å². The van der Waals surface area contributed by atoms with Gasteiger partial charge in [-0.2, -0.15) is 0 Å². The standard InChI is InChI=1S/C16H17N3O/c1-19(14-4-2-3-11-18-14)15(20)16(9-10-16)12-5-7-13(17)8-6-12/h2-8,11H,9-10,17H2,1H3. The zero-order chi connectivity index (χ0) is 14.2. The summed E-state index contributed by atoms with van der Waals surface area (Å²) in [4.78, 5) is 18.6. The number of amides is 1. The lowest BCUT2D eigenvalue weighted by atomic mass is 9.94. The molecule has 0 bridgehead atoms. The van der Waals surface area contributed by atoms with Gasteiger partial charge in [0.05, 0.1) is 5.41 Å². The summed E-state index contributed by atoms with van der Waals surface area (Å²) in [6.45, 7) is 0. The quantitative estimate of drug-likeness (QED) is 0.868. The van der Waals surface area contributed by atoms with Crippen molar-refractivity contribution in [3.63, 3.8) is 0 Å². The van der Waals surface area contributed by atoms with Gasteiger partial charge in [-0.05, 0) is 42.7 Å². The SMILES string of the molecule is CN(C(=O)C1(c2ccc(N)cc2)CC1)c1ccccn1. The number of nitrogens with two attached hydrogens (primary N) is 1. The summed E-state index contributed by atoms with van der Waals surface area (Å²) >= 11 is 0. The van der Waals surface area contributed by atoms with Gasteiger partial charge in [-0.15, -0.1) is 0 Å². The zero-order valence-corrected chi connectivity index (χ0v) is 11.4. The molecule has 1 aromatic heterocycles. The number of rotatable bonds is 3. The summed E-state index contributed by atoms with van der Waals surface area (Å²) in [6, 6.07) is 13.2. The molecule has 20 heavy (non-hydrogen) atoms. The Morgan fingerprint density at radius 3 is 2.45 bits per heavy atom. The van der Waals surface area contributed by atoms with E-state index in [1.807, 2.05) is 42.5 Å². The van der Waals surface area contributed by atoms with E-state index in [-0.39, 0.29) is 11.3 Å². The fourth-order valence-electron chi connectivity index (χ4n) is 2.53. The van der Waals surface area contributed by atoms with Crippen LogP contribution in [-0.4, -0.2) is 17.9 Å². The highest BCUT2D eigenvalue weighted by Crippen LogP contribution is 2.49. The molecule has 1 amide bonds. The molecular weight excluding hydrogens is 250 g/mol. The van der Waals surface area contributed by atoms with Crippen LogP contribution in [0.25, 0.3) is 0 Å². The molecule has 2 N–H and O–H groups in total. The normalized spacial score (nSPS) is 15.7. The van der Waals surface area contributed by atoms with E-state index >= 15 is 0 Å². The number of nitrogens with zero attached hydrogens (tertiary/aromatic N) is 2. The Morgan fingerprint density at radius 2 is 1.90 bits per heavy atom. The predicted molar refractivity (Wildman–Crippen MR) is 79.4 cm³/mol. The molecule has 3 rings (SSSR count). The number of hydrogen-bond acceptors (Lipinski definition) is 3. The number of hydrogen-bond donors (Lipinski definition) is 1. The Kier molecular flexibility index (Phi) is 2.93. The van der Waals surface area contributed by atoms with Gasteiger partial charge < -0.3 is 5.73 Å². The fraction of sp³-hybridized carbons (Fsp3) is 0.250. The van der Waals surface area contributed by atoms with Crippen LogP contribution in [0.1, 0.15) is 18.4 Å². The van der Waals surface area contributed by atoms with Gasteiger partial charge in [0.2, 0.25) is 5.91 Å². The number of nitrogen functional groups attached to an aromatic ring is 1. The van der Waals surface area contributed by atoms with E-state index in [1.54, 1.807) is 18.1 Å². The lowest BCUT2D eigenvalue weighted by molar-refractivity contribution is -0.120. The molecule has 0 atom stereocenters. The lowest BCUT2D eigenvalue weighted by Gasteiger charge is -2.23. The van der Waals surface area contributed by atoms with E-state index in [2.05, 4.69) is 4.98 Å². The average molecular weight is 267 g/mol. The summed E-state index contributed by atoms with van der Waals surface area (Å²) in [7, 11) is 1.78. The molecule has 0 saturated heterocycles. The van der Waals surface area contributed by atoms with Crippen molar-refractivity contribution in [3.05, 3.63) is 54.2 Å². The molecule has 4 nitrogen and oxygen atoms in total. The van der Waals surface area contributed by atoms with Gasteiger partial charge in [0, 0.05) is 18.9 Å². The molecule has 0 aliphatic heterocycles. The molecular formula is C16H17N3O. The number of carbonyl (C=O) groups excluding carboxylic acids is 1. The number of likely N-dealkylation sites (N-methyl/N-ethyl adjacent to an activating group) is 1. The fourth-order valence-corrected chi connectivity index (χ4v) is 2.53. The lowest BCUT2D eigenvalue weighted by Crippen LogP contribution is -2.37. The van der Waals surface area contributed by atoms with E-state index in [9.17, 15) is 4.79 Å². The highest BCUT2D eigenvalue weighted by atomic mass is 16.2. The van der Waals surface area contributed by atoms with Crippen molar-refractivity contribution in [2.45, 2.75) is 18.3 Å². The molecule has 1 aliphatic carbocycles. The minimum absolute atomic E-state index is 0.0981. The molecule has 0 unspecified atom stereocenters. The zero-order valence-electron chi connectivity index (χ0n) is 11.4. The Hall–Kier alpha value is -2.36. The van der Waals surface area contributed by atoms with Crippen LogP contribution in [0.4, 0.5) is 11.5 Å². The first-order chi connectivity index (χ1) is 9.63. The van der Waals surface area contributed by atoms with Gasteiger partial charge in [0.15, 0.2) is 0 Å². The molecule has 1 aliphatic rings. The van der Waals surface area contributed by atoms with Gasteiger partial charge in [0.1, 0.15) is 5.82 Å². The van der Waals surface area contributed by atoms with E-state index in [1.165, 1.54) is 0 Å². The summed E-state index contributed by atoms with van der Waals surface area (Å²) in [5.41, 5.74) is 7.08. The molecule has 0 radical (unpaired) electrons. The third-order valence-corrected chi connectivity index (χ3v) is 3.92. The highest BCUT2D eigenvalue weighted by Gasteiger charge is 2.52. The molecule has 1 heterocycles. The molecule has 2 aromatic rings. The van der Waals surface area contributed by atoms with Crippen molar-refractivity contribution >= 4 is 17.4 Å². The Labute approximate surface area is 118 Å². The Morgan fingerprint density at radius 1 is 1.20 bits per heavy atom. The molecule has 1 saturated carbocycles. The van der Waals surface area contributed by atoms with Gasteiger partial charge in [-0.1, -0.05) is 18.2 Å². The average Bonchev–Trinajstić information content (AvgIpc) is 3.29. The third-order valence-electron chi connectivity index (χ3n) is 3.92. The van der Waals surface area contributed by atoms with E-state index < -0.39 is 0 Å². The van der Waals surface area contributed by atoms with Crippen LogP contribution in [-0.2, 0) is 10.2 Å². The van der Waals surface area contributed by atoms with Crippen molar-refractivity contribution in [1.29, 1.82) is 0 Å². The van der Waals surface area contributed by atoms with Crippen LogP contribution < -0.4 is 10.6 Å². The first-order valence-electron chi connectivity index (χ1n) is 6.69. The summed E-state index contributed by atoms with van der Waals surface area (Å²) in [6.07, 6.45) is 3.46. The van der Waals surface area contributed by atoms with Gasteiger partial charge in [0.25, 0.3) is 0 Å². The monoisotopic (exact) mass is 267 g/mol. The van der Waals surface area contributed by atoms with Crippen molar-refractivity contribution in [2.75, 3.05) is 17.7 Å². The van der Waals surface area contributed by atoms with Crippen LogP contribution in [0.5, 0.6) is 0 Å². The molecule has 1 fully saturated rings. The van der Waals surface area contributed by atoms with E-state index in [0.717, 1.165) is 24.1 Å². The Bertz CT molecular complexity index is 618. The summed E-state index contributed by atoms with van der Waals surface area (Å²) < 4.78 is 0. The number of aromatic nitrogens is 1. The molecule has 4 heteroatoms. The maximum Gasteiger partial charge on any atom is 0.238 e. The van der Waals surface area contributed by atoms with Crippen LogP contribution in [0, 0.1) is 0 Å². The molecule has 0 spiro atoms. The third kappa shape index (κ3) is 2.03. The van der Waals surface area contributed by atoms with Gasteiger partial charge >= 0.3 is 0 Å². The second-order valence-electron chi connectivity index (χ2n) is 5.26. The number of benzene rings is 1. The summed E-state index contributed by atoms with van der Waals surface area (Å²) in [5, 5.41) is 0. The van der Waals surface area contributed by atoms with Crippen LogP contribution in [0.3, 0.4) is 0 Å². The van der Waals surface area contributed by atoms with E-state index in [0.29, 0.717) is 5.82 Å². The maximum absolute atomic E-state index is 12.8. The maximum atomic E-state index is 12.8. The number of carbonyl (C=O) groups is 1. The Balaban J connectivity index is 1.88. The van der Waals surface area contributed by atoms with Crippen molar-refractivity contribution < 1.29 is 4.79 Å². The van der Waals surface area contributed by atoms with Gasteiger partial charge in [-0.25, -0.2) is 4.98 Å². The minimum Gasteiger partial charge on any atom is -0.399 e. The molecule has 102 valence electrons. The number of pyridine rings is 1. The van der Waals surface area contributed by atoms with Crippen molar-refractivity contribution in [3.8, 4) is 0 Å². The summed E-state index contributed by atoms with van der Waals surface area (Å²) in [5.74, 6) is 0.778. The topological polar surface area (TPSA) is 59.2 Å². The smallest absolute Gasteiger partial charge is 0.238 e. The van der Waals surface area contributed by atoms with Crippen molar-refractivity contribution in [1.82, 2.24) is 4.98 Å². The van der Waals surface area contributed by atoms with Crippen LogP contribution >= 0.6 is 0 Å². The van der Waals surface area contributed by atoms with Crippen molar-refractivity contribution in [2.24, 2.45) is 0 Å². The first kappa shape index (κ1) is 12.7. The van der Waals surface area contributed by atoms with Crippen LogP contribution in [0.2, 0.25) is 0 Å². The minimum atomic E-state index is -0.389. The first-order valence-corrected chi connectivity index (χ1v) is 6.69. The van der Waals surface area contributed by atoms with Gasteiger partial charge in [-0.3, -0.25) is 9.69 Å². The molecule has 1 aromatic carbocycles. The highest BCUT2D eigenvalue weighted by molar-refractivity contribution is 6.02. The van der Waals surface area contributed by atoms with E-state index in [4.69, 9.17) is 5.73 Å². The second-order valence-corrected chi connectivity index (χ2v) is 5.26. The predicted octanol–water partition coefficient (Wildman–Crippen LogP) is 2.36. The second kappa shape index (κ2) is 4.63. The number of anilines is 2.